The monoisotopic (exact) mass is 419 g/mol. The van der Waals surface area contributed by atoms with Crippen LogP contribution in [-0.2, 0) is 25.5 Å². The SMILES string of the molecule is Cc1ccc(S(=O)(=O)OCCCc2ccc(N(C)C(=O)OC(C)(C)C)cc2)cc1. The maximum Gasteiger partial charge on any atom is 0.414 e. The fourth-order valence-corrected chi connectivity index (χ4v) is 3.48. The van der Waals surface area contributed by atoms with E-state index in [-0.39, 0.29) is 11.5 Å². The van der Waals surface area contributed by atoms with Gasteiger partial charge in [-0.25, -0.2) is 4.79 Å². The fraction of sp³-hybridized carbons (Fsp3) is 0.409. The Bertz CT molecular complexity index is 913. The lowest BCUT2D eigenvalue weighted by molar-refractivity contribution is 0.0589. The van der Waals surface area contributed by atoms with Crippen LogP contribution in [0.15, 0.2) is 53.4 Å². The van der Waals surface area contributed by atoms with Crippen LogP contribution >= 0.6 is 0 Å². The van der Waals surface area contributed by atoms with Crippen molar-refractivity contribution in [3.63, 3.8) is 0 Å². The second-order valence-corrected chi connectivity index (χ2v) is 9.51. The zero-order valence-electron chi connectivity index (χ0n) is 17.6. The highest BCUT2D eigenvalue weighted by Crippen LogP contribution is 2.19. The summed E-state index contributed by atoms with van der Waals surface area (Å²) < 4.78 is 34.8. The molecule has 0 spiro atoms. The Morgan fingerprint density at radius 2 is 1.59 bits per heavy atom. The number of aryl methyl sites for hydroxylation is 2. The van der Waals surface area contributed by atoms with E-state index in [9.17, 15) is 13.2 Å². The third-order valence-electron chi connectivity index (χ3n) is 4.15. The van der Waals surface area contributed by atoms with Crippen LogP contribution in [0.2, 0.25) is 0 Å². The standard InChI is InChI=1S/C22H29NO5S/c1-17-8-14-20(15-9-17)29(25,26)27-16-6-7-18-10-12-19(13-11-18)23(5)21(24)28-22(2,3)4/h8-15H,6-7,16H2,1-5H3. The number of nitrogens with zero attached hydrogens (tertiary/aromatic N) is 1. The molecule has 0 aliphatic rings. The van der Waals surface area contributed by atoms with Gasteiger partial charge in [0.15, 0.2) is 0 Å². The van der Waals surface area contributed by atoms with Crippen molar-refractivity contribution < 1.29 is 22.1 Å². The molecule has 6 nitrogen and oxygen atoms in total. The van der Waals surface area contributed by atoms with Crippen molar-refractivity contribution in [3.8, 4) is 0 Å². The molecule has 0 radical (unpaired) electrons. The first-order valence-corrected chi connectivity index (χ1v) is 10.9. The van der Waals surface area contributed by atoms with Crippen LogP contribution < -0.4 is 4.90 Å². The average Bonchev–Trinajstić information content (AvgIpc) is 2.64. The molecule has 0 saturated carbocycles. The Morgan fingerprint density at radius 3 is 2.14 bits per heavy atom. The van der Waals surface area contributed by atoms with Crippen LogP contribution in [0.1, 0.15) is 38.3 Å². The minimum absolute atomic E-state index is 0.107. The summed E-state index contributed by atoms with van der Waals surface area (Å²) in [7, 11) is -2.07. The van der Waals surface area contributed by atoms with Crippen LogP contribution in [0.4, 0.5) is 10.5 Å². The summed E-state index contributed by atoms with van der Waals surface area (Å²) in [4.78, 5) is 13.7. The van der Waals surface area contributed by atoms with E-state index in [4.69, 9.17) is 8.92 Å². The summed E-state index contributed by atoms with van der Waals surface area (Å²) in [5, 5.41) is 0. The third-order valence-corrected chi connectivity index (χ3v) is 5.48. The summed E-state index contributed by atoms with van der Waals surface area (Å²) in [6, 6.07) is 14.1. The van der Waals surface area contributed by atoms with E-state index in [0.717, 1.165) is 16.8 Å². The second kappa shape index (κ2) is 9.41. The molecule has 2 rings (SSSR count). The van der Waals surface area contributed by atoms with Crippen molar-refractivity contribution in [2.24, 2.45) is 0 Å². The van der Waals surface area contributed by atoms with Gasteiger partial charge in [-0.2, -0.15) is 8.42 Å². The van der Waals surface area contributed by atoms with Gasteiger partial charge in [-0.15, -0.1) is 0 Å². The molecular weight excluding hydrogens is 390 g/mol. The van der Waals surface area contributed by atoms with E-state index in [1.165, 1.54) is 4.90 Å². The molecule has 158 valence electrons. The second-order valence-electron chi connectivity index (χ2n) is 7.90. The zero-order chi connectivity index (χ0) is 21.7. The Kier molecular flexibility index (Phi) is 7.43. The number of ether oxygens (including phenoxy) is 1. The Morgan fingerprint density at radius 1 is 1.00 bits per heavy atom. The first-order valence-electron chi connectivity index (χ1n) is 9.50. The maximum atomic E-state index is 12.2. The molecule has 29 heavy (non-hydrogen) atoms. The van der Waals surface area contributed by atoms with E-state index in [1.807, 2.05) is 52.0 Å². The van der Waals surface area contributed by atoms with Gasteiger partial charge in [-0.1, -0.05) is 29.8 Å². The number of benzene rings is 2. The number of amides is 1. The number of anilines is 1. The Labute approximate surface area is 173 Å². The quantitative estimate of drug-likeness (QED) is 0.480. The lowest BCUT2D eigenvalue weighted by Gasteiger charge is -2.24. The fourth-order valence-electron chi connectivity index (χ4n) is 2.54. The van der Waals surface area contributed by atoms with Gasteiger partial charge in [0.2, 0.25) is 0 Å². The highest BCUT2D eigenvalue weighted by Gasteiger charge is 2.20. The van der Waals surface area contributed by atoms with Gasteiger partial charge in [0.1, 0.15) is 5.60 Å². The molecule has 1 amide bonds. The Hall–Kier alpha value is -2.38. The molecule has 0 N–H and O–H groups in total. The molecule has 0 aliphatic carbocycles. The number of rotatable bonds is 7. The lowest BCUT2D eigenvalue weighted by Crippen LogP contribution is -2.34. The molecule has 0 bridgehead atoms. The molecule has 0 heterocycles. The van der Waals surface area contributed by atoms with Crippen LogP contribution in [0.3, 0.4) is 0 Å². The summed E-state index contributed by atoms with van der Waals surface area (Å²) in [6.45, 7) is 7.47. The van der Waals surface area contributed by atoms with Crippen molar-refractivity contribution in [1.29, 1.82) is 0 Å². The average molecular weight is 420 g/mol. The van der Waals surface area contributed by atoms with Crippen molar-refractivity contribution in [2.45, 2.75) is 51.0 Å². The predicted octanol–water partition coefficient (Wildman–Crippen LogP) is 4.70. The van der Waals surface area contributed by atoms with Gasteiger partial charge in [-0.05, 0) is 70.4 Å². The summed E-state index contributed by atoms with van der Waals surface area (Å²) in [5.41, 5.74) is 2.19. The largest absolute Gasteiger partial charge is 0.443 e. The highest BCUT2D eigenvalue weighted by molar-refractivity contribution is 7.86. The Balaban J connectivity index is 1.84. The van der Waals surface area contributed by atoms with Gasteiger partial charge in [-0.3, -0.25) is 9.08 Å². The highest BCUT2D eigenvalue weighted by atomic mass is 32.2. The van der Waals surface area contributed by atoms with E-state index in [1.54, 1.807) is 31.3 Å². The van der Waals surface area contributed by atoms with E-state index in [0.29, 0.717) is 12.8 Å². The van der Waals surface area contributed by atoms with E-state index >= 15 is 0 Å². The molecule has 0 unspecified atom stereocenters. The first kappa shape index (κ1) is 22.9. The van der Waals surface area contributed by atoms with Crippen LogP contribution in [0.5, 0.6) is 0 Å². The molecule has 7 heteroatoms. The van der Waals surface area contributed by atoms with E-state index < -0.39 is 21.8 Å². The molecule has 0 aliphatic heterocycles. The molecule has 0 saturated heterocycles. The number of carbonyl (C=O) groups is 1. The van der Waals surface area contributed by atoms with Gasteiger partial charge in [0, 0.05) is 12.7 Å². The molecule has 0 atom stereocenters. The third kappa shape index (κ3) is 7.18. The number of hydrogen-bond donors (Lipinski definition) is 0. The minimum atomic E-state index is -3.73. The molecule has 2 aromatic carbocycles. The van der Waals surface area contributed by atoms with Gasteiger partial charge >= 0.3 is 6.09 Å². The van der Waals surface area contributed by atoms with Crippen molar-refractivity contribution in [3.05, 3.63) is 59.7 Å². The first-order chi connectivity index (χ1) is 13.5. The van der Waals surface area contributed by atoms with E-state index in [2.05, 4.69) is 0 Å². The summed E-state index contributed by atoms with van der Waals surface area (Å²) >= 11 is 0. The predicted molar refractivity (Wildman–Crippen MR) is 114 cm³/mol. The molecule has 0 aromatic heterocycles. The van der Waals surface area contributed by atoms with Crippen molar-refractivity contribution in [1.82, 2.24) is 0 Å². The van der Waals surface area contributed by atoms with Gasteiger partial charge < -0.3 is 4.74 Å². The number of hydrogen-bond acceptors (Lipinski definition) is 5. The normalized spacial score (nSPS) is 11.9. The van der Waals surface area contributed by atoms with Gasteiger partial charge in [0.05, 0.1) is 11.5 Å². The van der Waals surface area contributed by atoms with Crippen molar-refractivity contribution >= 4 is 21.9 Å². The zero-order valence-corrected chi connectivity index (χ0v) is 18.5. The van der Waals surface area contributed by atoms with Crippen LogP contribution in [-0.4, -0.2) is 33.8 Å². The lowest BCUT2D eigenvalue weighted by atomic mass is 10.1. The van der Waals surface area contributed by atoms with Crippen LogP contribution in [0.25, 0.3) is 0 Å². The van der Waals surface area contributed by atoms with Crippen LogP contribution in [0, 0.1) is 6.92 Å². The van der Waals surface area contributed by atoms with Gasteiger partial charge in [0.25, 0.3) is 10.1 Å². The summed E-state index contributed by atoms with van der Waals surface area (Å²) in [6.07, 6.45) is 0.812. The molecule has 0 fully saturated rings. The maximum absolute atomic E-state index is 12.2. The molecular formula is C22H29NO5S. The topological polar surface area (TPSA) is 72.9 Å². The summed E-state index contributed by atoms with van der Waals surface area (Å²) in [5.74, 6) is 0. The molecule has 2 aromatic rings. The smallest absolute Gasteiger partial charge is 0.414 e. The van der Waals surface area contributed by atoms with Crippen molar-refractivity contribution in [2.75, 3.05) is 18.6 Å². The number of carbonyl (C=O) groups excluding carboxylic acids is 1. The minimum Gasteiger partial charge on any atom is -0.443 e.